The first-order valence-corrected chi connectivity index (χ1v) is 7.10. The van der Waals surface area contributed by atoms with Gasteiger partial charge in [-0.05, 0) is 29.2 Å². The van der Waals surface area contributed by atoms with Crippen molar-refractivity contribution in [3.8, 4) is 0 Å². The summed E-state index contributed by atoms with van der Waals surface area (Å²) >= 11 is 3.28. The third-order valence-electron chi connectivity index (χ3n) is 3.66. The Labute approximate surface area is 124 Å². The van der Waals surface area contributed by atoms with Crippen molar-refractivity contribution in [2.24, 2.45) is 5.41 Å². The summed E-state index contributed by atoms with van der Waals surface area (Å²) in [6.45, 7) is 5.79. The van der Waals surface area contributed by atoms with E-state index in [1.54, 1.807) is 0 Å². The predicted molar refractivity (Wildman–Crippen MR) is 72.9 cm³/mol. The molecule has 2 unspecified atom stereocenters. The Morgan fingerprint density at radius 2 is 1.80 bits per heavy atom. The van der Waals surface area contributed by atoms with E-state index in [1.807, 2.05) is 20.8 Å². The van der Waals surface area contributed by atoms with Crippen molar-refractivity contribution in [2.45, 2.75) is 38.9 Å². The van der Waals surface area contributed by atoms with Crippen LogP contribution in [0.3, 0.4) is 0 Å². The summed E-state index contributed by atoms with van der Waals surface area (Å²) in [6.07, 6.45) is -4.38. The summed E-state index contributed by atoms with van der Waals surface area (Å²) in [4.78, 5) is 0. The molecule has 0 spiro atoms. The minimum absolute atomic E-state index is 0.127. The zero-order valence-electron chi connectivity index (χ0n) is 11.4. The van der Waals surface area contributed by atoms with E-state index in [1.165, 1.54) is 6.07 Å². The van der Waals surface area contributed by atoms with E-state index in [0.29, 0.717) is 15.2 Å². The molecular formula is C14H16BrF4N. The van der Waals surface area contributed by atoms with Gasteiger partial charge in [-0.2, -0.15) is 13.2 Å². The molecule has 0 N–H and O–H groups in total. The topological polar surface area (TPSA) is 3.24 Å². The molecule has 0 radical (unpaired) electrons. The number of rotatable bonds is 1. The van der Waals surface area contributed by atoms with Gasteiger partial charge in [-0.3, -0.25) is 0 Å². The van der Waals surface area contributed by atoms with Crippen LogP contribution >= 0.6 is 15.9 Å². The molecule has 2 atom stereocenters. The molecule has 1 fully saturated rings. The minimum atomic E-state index is -4.38. The van der Waals surface area contributed by atoms with E-state index in [2.05, 4.69) is 15.9 Å². The Kier molecular flexibility index (Phi) is 3.93. The molecule has 1 aliphatic heterocycles. The second-order valence-electron chi connectivity index (χ2n) is 6.23. The van der Waals surface area contributed by atoms with Crippen molar-refractivity contribution < 1.29 is 17.7 Å². The Balaban J connectivity index is 2.38. The second kappa shape index (κ2) is 4.98. The lowest BCUT2D eigenvalue weighted by atomic mass is 9.71. The highest BCUT2D eigenvalue weighted by Crippen LogP contribution is 2.46. The third kappa shape index (κ3) is 2.86. The molecule has 20 heavy (non-hydrogen) atoms. The average Bonchev–Trinajstić information content (AvgIpc) is 2.22. The fourth-order valence-electron chi connectivity index (χ4n) is 2.76. The molecule has 6 heteroatoms. The summed E-state index contributed by atoms with van der Waals surface area (Å²) in [5.74, 6) is -0.239. The minimum Gasteiger partial charge on any atom is -0.166 e. The lowest BCUT2D eigenvalue weighted by molar-refractivity contribution is -0.150. The van der Waals surface area contributed by atoms with Crippen molar-refractivity contribution in [3.05, 3.63) is 33.8 Å². The van der Waals surface area contributed by atoms with Crippen molar-refractivity contribution >= 4 is 15.9 Å². The highest BCUT2D eigenvalue weighted by atomic mass is 79.9. The Hall–Kier alpha value is -0.620. The van der Waals surface area contributed by atoms with Gasteiger partial charge in [0, 0.05) is 16.9 Å². The third-order valence-corrected chi connectivity index (χ3v) is 4.39. The van der Waals surface area contributed by atoms with Gasteiger partial charge in [-0.15, -0.1) is 9.60 Å². The van der Waals surface area contributed by atoms with Crippen LogP contribution in [0.5, 0.6) is 0 Å². The maximum atomic E-state index is 13.7. The molecule has 0 amide bonds. The quantitative estimate of drug-likeness (QED) is 0.497. The molecular weight excluding hydrogens is 338 g/mol. The van der Waals surface area contributed by atoms with Gasteiger partial charge < -0.3 is 0 Å². The summed E-state index contributed by atoms with van der Waals surface area (Å²) in [7, 11) is 0. The van der Waals surface area contributed by atoms with E-state index in [9.17, 15) is 17.7 Å². The monoisotopic (exact) mass is 353 g/mol. The number of hydrogen-bond acceptors (Lipinski definition) is 1. The van der Waals surface area contributed by atoms with E-state index in [4.69, 9.17) is 0 Å². The maximum Gasteiger partial charge on any atom is 0.416 e. The van der Waals surface area contributed by atoms with Crippen LogP contribution in [-0.4, -0.2) is 17.7 Å². The van der Waals surface area contributed by atoms with Crippen molar-refractivity contribution in [2.75, 3.05) is 6.54 Å². The van der Waals surface area contributed by atoms with E-state index in [-0.39, 0.29) is 17.9 Å². The summed E-state index contributed by atoms with van der Waals surface area (Å²) in [5, 5.41) is 0.706. The highest BCUT2D eigenvalue weighted by Gasteiger charge is 2.48. The molecule has 0 bridgehead atoms. The van der Waals surface area contributed by atoms with Gasteiger partial charge in [-0.1, -0.05) is 36.7 Å². The SMILES string of the molecule is CC(C)(C)C1C(c2cc(C(F)(F)F)ccc2Br)CN1F. The molecule has 1 aromatic rings. The predicted octanol–water partition coefficient (Wildman–Crippen LogP) is 5.17. The average molecular weight is 354 g/mol. The van der Waals surface area contributed by atoms with Crippen molar-refractivity contribution in [1.29, 1.82) is 0 Å². The van der Waals surface area contributed by atoms with Gasteiger partial charge in [0.15, 0.2) is 0 Å². The molecule has 112 valence electrons. The maximum absolute atomic E-state index is 13.7. The number of nitrogens with zero attached hydrogens (tertiary/aromatic N) is 1. The fraction of sp³-hybridized carbons (Fsp3) is 0.571. The summed E-state index contributed by atoms with van der Waals surface area (Å²) < 4.78 is 52.6. The molecule has 2 rings (SSSR count). The lowest BCUT2D eigenvalue weighted by Gasteiger charge is -2.49. The molecule has 1 saturated heterocycles. The smallest absolute Gasteiger partial charge is 0.166 e. The first-order chi connectivity index (χ1) is 9.01. The number of hydrogen-bond donors (Lipinski definition) is 0. The molecule has 1 aliphatic rings. The Bertz CT molecular complexity index is 507. The van der Waals surface area contributed by atoms with Crippen LogP contribution in [0.1, 0.15) is 37.8 Å². The van der Waals surface area contributed by atoms with Crippen LogP contribution in [0.2, 0.25) is 0 Å². The van der Waals surface area contributed by atoms with E-state index >= 15 is 0 Å². The van der Waals surface area contributed by atoms with Gasteiger partial charge in [0.05, 0.1) is 11.6 Å². The van der Waals surface area contributed by atoms with Gasteiger partial charge in [0.2, 0.25) is 0 Å². The van der Waals surface area contributed by atoms with Crippen molar-refractivity contribution in [1.82, 2.24) is 5.12 Å². The Morgan fingerprint density at radius 1 is 1.20 bits per heavy atom. The standard InChI is InChI=1S/C14H16BrF4N/c1-13(2,3)12-10(7-20(12)19)9-6-8(14(16,17)18)4-5-11(9)15/h4-6,10,12H,7H2,1-3H3. The second-order valence-corrected chi connectivity index (χ2v) is 7.09. The number of alkyl halides is 3. The molecule has 1 heterocycles. The summed E-state index contributed by atoms with van der Waals surface area (Å²) in [5.41, 5.74) is -0.514. The van der Waals surface area contributed by atoms with Gasteiger partial charge in [0.25, 0.3) is 0 Å². The molecule has 0 aliphatic carbocycles. The zero-order chi connectivity index (χ0) is 15.3. The molecule has 0 saturated carbocycles. The van der Waals surface area contributed by atoms with Crippen LogP contribution in [0.25, 0.3) is 0 Å². The summed E-state index contributed by atoms with van der Waals surface area (Å²) in [6, 6.07) is 3.13. The van der Waals surface area contributed by atoms with Crippen molar-refractivity contribution in [3.63, 3.8) is 0 Å². The number of benzene rings is 1. The first-order valence-electron chi connectivity index (χ1n) is 6.31. The van der Waals surface area contributed by atoms with Crippen LogP contribution < -0.4 is 0 Å². The van der Waals surface area contributed by atoms with E-state index < -0.39 is 17.8 Å². The lowest BCUT2D eigenvalue weighted by Crippen LogP contribution is -2.56. The van der Waals surface area contributed by atoms with Gasteiger partial charge in [-0.25, -0.2) is 0 Å². The normalized spacial score (nSPS) is 24.6. The van der Waals surface area contributed by atoms with Gasteiger partial charge in [0.1, 0.15) is 0 Å². The van der Waals surface area contributed by atoms with Crippen LogP contribution in [0.15, 0.2) is 22.7 Å². The van der Waals surface area contributed by atoms with Crippen LogP contribution in [0, 0.1) is 5.41 Å². The van der Waals surface area contributed by atoms with E-state index in [0.717, 1.165) is 12.1 Å². The van der Waals surface area contributed by atoms with Crippen LogP contribution in [-0.2, 0) is 6.18 Å². The zero-order valence-corrected chi connectivity index (χ0v) is 13.0. The van der Waals surface area contributed by atoms with Gasteiger partial charge >= 0.3 is 6.18 Å². The first kappa shape index (κ1) is 15.8. The molecule has 0 aromatic heterocycles. The molecule has 1 nitrogen and oxygen atoms in total. The largest absolute Gasteiger partial charge is 0.416 e. The van der Waals surface area contributed by atoms with Crippen LogP contribution in [0.4, 0.5) is 17.7 Å². The molecule has 1 aromatic carbocycles. The highest BCUT2D eigenvalue weighted by molar-refractivity contribution is 9.10. The number of halogens is 5. The fourth-order valence-corrected chi connectivity index (χ4v) is 3.30. The Morgan fingerprint density at radius 3 is 2.25 bits per heavy atom.